The van der Waals surface area contributed by atoms with Crippen molar-refractivity contribution in [3.63, 3.8) is 0 Å². The summed E-state index contributed by atoms with van der Waals surface area (Å²) in [4.78, 5) is 15.8. The molecule has 1 aromatic carbocycles. The lowest BCUT2D eigenvalue weighted by Gasteiger charge is -2.10. The van der Waals surface area contributed by atoms with E-state index in [1.165, 1.54) is 24.4 Å². The maximum atomic E-state index is 12.6. The number of alkyl halides is 3. The molecular weight excluding hydrogens is 337 g/mol. The first-order valence-corrected chi connectivity index (χ1v) is 6.26. The van der Waals surface area contributed by atoms with E-state index in [4.69, 9.17) is 0 Å². The van der Waals surface area contributed by atoms with Crippen LogP contribution in [-0.4, -0.2) is 10.9 Å². The molecule has 1 amide bonds. The SMILES string of the molecule is O=C(Nc1cccc(C(F)(F)F)c1)c1cccnc1Br. The molecule has 0 aliphatic heterocycles. The van der Waals surface area contributed by atoms with Crippen LogP contribution in [0, 0.1) is 0 Å². The number of nitrogens with zero attached hydrogens (tertiary/aromatic N) is 1. The second kappa shape index (κ2) is 5.62. The summed E-state index contributed by atoms with van der Waals surface area (Å²) < 4.78 is 38.0. The van der Waals surface area contributed by atoms with Gasteiger partial charge in [-0.2, -0.15) is 13.2 Å². The molecule has 0 unspecified atom stereocenters. The fourth-order valence-electron chi connectivity index (χ4n) is 1.53. The maximum Gasteiger partial charge on any atom is 0.416 e. The molecule has 0 aliphatic rings. The van der Waals surface area contributed by atoms with E-state index < -0.39 is 17.6 Å². The number of pyridine rings is 1. The van der Waals surface area contributed by atoms with Crippen LogP contribution in [0.15, 0.2) is 47.2 Å². The Hall–Kier alpha value is -1.89. The van der Waals surface area contributed by atoms with Crippen molar-refractivity contribution < 1.29 is 18.0 Å². The van der Waals surface area contributed by atoms with E-state index in [0.717, 1.165) is 12.1 Å². The molecule has 0 atom stereocenters. The van der Waals surface area contributed by atoms with Crippen molar-refractivity contribution in [1.29, 1.82) is 0 Å². The van der Waals surface area contributed by atoms with Crippen LogP contribution >= 0.6 is 15.9 Å². The average Bonchev–Trinajstić information content (AvgIpc) is 2.38. The van der Waals surface area contributed by atoms with E-state index in [2.05, 4.69) is 26.2 Å². The van der Waals surface area contributed by atoms with Gasteiger partial charge in [0.15, 0.2) is 0 Å². The first-order chi connectivity index (χ1) is 9.38. The Labute approximate surface area is 121 Å². The summed E-state index contributed by atoms with van der Waals surface area (Å²) in [6.45, 7) is 0. The van der Waals surface area contributed by atoms with Crippen LogP contribution in [0.1, 0.15) is 15.9 Å². The number of hydrogen-bond acceptors (Lipinski definition) is 2. The Kier molecular flexibility index (Phi) is 4.08. The highest BCUT2D eigenvalue weighted by Crippen LogP contribution is 2.30. The highest BCUT2D eigenvalue weighted by atomic mass is 79.9. The number of amides is 1. The normalized spacial score (nSPS) is 11.2. The largest absolute Gasteiger partial charge is 0.416 e. The smallest absolute Gasteiger partial charge is 0.322 e. The van der Waals surface area contributed by atoms with E-state index >= 15 is 0 Å². The number of benzene rings is 1. The third kappa shape index (κ3) is 3.36. The van der Waals surface area contributed by atoms with Gasteiger partial charge in [-0.3, -0.25) is 4.79 Å². The molecule has 2 aromatic rings. The Morgan fingerprint density at radius 3 is 2.60 bits per heavy atom. The van der Waals surface area contributed by atoms with Gasteiger partial charge in [0, 0.05) is 11.9 Å². The fraction of sp³-hybridized carbons (Fsp3) is 0.0769. The van der Waals surface area contributed by atoms with Crippen molar-refractivity contribution in [2.24, 2.45) is 0 Å². The predicted molar refractivity (Wildman–Crippen MR) is 71.3 cm³/mol. The minimum Gasteiger partial charge on any atom is -0.322 e. The van der Waals surface area contributed by atoms with Crippen molar-refractivity contribution in [3.8, 4) is 0 Å². The number of carbonyl (C=O) groups is 1. The van der Waals surface area contributed by atoms with Gasteiger partial charge < -0.3 is 5.32 Å². The van der Waals surface area contributed by atoms with Crippen molar-refractivity contribution >= 4 is 27.5 Å². The van der Waals surface area contributed by atoms with E-state index in [0.29, 0.717) is 4.60 Å². The standard InChI is InChI=1S/C13H8BrF3N2O/c14-11-10(5-2-6-18-11)12(20)19-9-4-1-3-8(7-9)13(15,16)17/h1-7H,(H,19,20). The van der Waals surface area contributed by atoms with Gasteiger partial charge in [-0.05, 0) is 46.3 Å². The summed E-state index contributed by atoms with van der Waals surface area (Å²) in [5.41, 5.74) is -0.508. The van der Waals surface area contributed by atoms with Crippen LogP contribution in [0.3, 0.4) is 0 Å². The molecule has 1 N–H and O–H groups in total. The third-order valence-electron chi connectivity index (χ3n) is 2.45. The third-order valence-corrected chi connectivity index (χ3v) is 3.08. The van der Waals surface area contributed by atoms with Crippen molar-refractivity contribution in [1.82, 2.24) is 4.98 Å². The Morgan fingerprint density at radius 1 is 1.20 bits per heavy atom. The Bertz CT molecular complexity index is 644. The minimum atomic E-state index is -4.45. The summed E-state index contributed by atoms with van der Waals surface area (Å²) in [7, 11) is 0. The first kappa shape index (κ1) is 14.5. The number of rotatable bonds is 2. The van der Waals surface area contributed by atoms with Gasteiger partial charge in [0.2, 0.25) is 0 Å². The highest BCUT2D eigenvalue weighted by molar-refractivity contribution is 9.10. The van der Waals surface area contributed by atoms with Gasteiger partial charge >= 0.3 is 6.18 Å². The molecule has 20 heavy (non-hydrogen) atoms. The molecule has 1 aromatic heterocycles. The van der Waals surface area contributed by atoms with Crippen LogP contribution < -0.4 is 5.32 Å². The van der Waals surface area contributed by atoms with Gasteiger partial charge in [-0.15, -0.1) is 0 Å². The Morgan fingerprint density at radius 2 is 1.95 bits per heavy atom. The lowest BCUT2D eigenvalue weighted by molar-refractivity contribution is -0.137. The molecule has 0 bridgehead atoms. The molecule has 7 heteroatoms. The van der Waals surface area contributed by atoms with Crippen LogP contribution in [0.5, 0.6) is 0 Å². The summed E-state index contributed by atoms with van der Waals surface area (Å²) in [6, 6.07) is 7.51. The summed E-state index contributed by atoms with van der Waals surface area (Å²) in [6.07, 6.45) is -2.96. The van der Waals surface area contributed by atoms with Crippen molar-refractivity contribution in [2.75, 3.05) is 5.32 Å². The molecule has 104 valence electrons. The highest BCUT2D eigenvalue weighted by Gasteiger charge is 2.30. The average molecular weight is 345 g/mol. The zero-order valence-corrected chi connectivity index (χ0v) is 11.5. The van der Waals surface area contributed by atoms with Crippen molar-refractivity contribution in [2.45, 2.75) is 6.18 Å². The summed E-state index contributed by atoms with van der Waals surface area (Å²) in [5.74, 6) is -0.538. The minimum absolute atomic E-state index is 0.0700. The molecule has 0 saturated heterocycles. The quantitative estimate of drug-likeness (QED) is 0.833. The molecule has 2 rings (SSSR count). The number of carbonyl (C=O) groups excluding carboxylic acids is 1. The van der Waals surface area contributed by atoms with Crippen molar-refractivity contribution in [3.05, 3.63) is 58.3 Å². The molecule has 0 radical (unpaired) electrons. The van der Waals surface area contributed by atoms with Gasteiger partial charge in [0.05, 0.1) is 11.1 Å². The number of anilines is 1. The van der Waals surface area contributed by atoms with Gasteiger partial charge in [0.1, 0.15) is 4.60 Å². The van der Waals surface area contributed by atoms with Gasteiger partial charge in [-0.25, -0.2) is 4.98 Å². The van der Waals surface area contributed by atoms with Gasteiger partial charge in [0.25, 0.3) is 5.91 Å². The zero-order chi connectivity index (χ0) is 14.8. The molecule has 1 heterocycles. The molecule has 0 saturated carbocycles. The Balaban J connectivity index is 2.23. The molecule has 0 aliphatic carbocycles. The van der Waals surface area contributed by atoms with Crippen LogP contribution in [0.4, 0.5) is 18.9 Å². The van der Waals surface area contributed by atoms with Crippen LogP contribution in [-0.2, 0) is 6.18 Å². The number of hydrogen-bond donors (Lipinski definition) is 1. The monoisotopic (exact) mass is 344 g/mol. The first-order valence-electron chi connectivity index (χ1n) is 5.47. The molecular formula is C13H8BrF3N2O. The number of halogens is 4. The summed E-state index contributed by atoms with van der Waals surface area (Å²) in [5, 5.41) is 2.40. The van der Waals surface area contributed by atoms with Gasteiger partial charge in [-0.1, -0.05) is 6.07 Å². The van der Waals surface area contributed by atoms with E-state index in [1.807, 2.05) is 0 Å². The lowest BCUT2D eigenvalue weighted by Crippen LogP contribution is -2.14. The fourth-order valence-corrected chi connectivity index (χ4v) is 1.96. The van der Waals surface area contributed by atoms with E-state index in [1.54, 1.807) is 6.07 Å². The molecule has 3 nitrogen and oxygen atoms in total. The van der Waals surface area contributed by atoms with Crippen LogP contribution in [0.2, 0.25) is 0 Å². The lowest BCUT2D eigenvalue weighted by atomic mass is 10.2. The summed E-state index contributed by atoms with van der Waals surface area (Å²) >= 11 is 3.10. The topological polar surface area (TPSA) is 42.0 Å². The second-order valence-electron chi connectivity index (χ2n) is 3.87. The maximum absolute atomic E-state index is 12.6. The number of nitrogens with one attached hydrogen (secondary N) is 1. The molecule has 0 spiro atoms. The van der Waals surface area contributed by atoms with Crippen LogP contribution in [0.25, 0.3) is 0 Å². The number of aromatic nitrogens is 1. The zero-order valence-electron chi connectivity index (χ0n) is 9.91. The predicted octanol–water partition coefficient (Wildman–Crippen LogP) is 4.12. The van der Waals surface area contributed by atoms with E-state index in [9.17, 15) is 18.0 Å². The van der Waals surface area contributed by atoms with E-state index in [-0.39, 0.29) is 11.3 Å². The second-order valence-corrected chi connectivity index (χ2v) is 4.63. The molecule has 0 fully saturated rings.